The van der Waals surface area contributed by atoms with E-state index in [1.54, 1.807) is 36.4 Å². The molecule has 7 nitrogen and oxygen atoms in total. The predicted molar refractivity (Wildman–Crippen MR) is 131 cm³/mol. The van der Waals surface area contributed by atoms with Crippen LogP contribution in [-0.2, 0) is 14.8 Å². The second-order valence-corrected chi connectivity index (χ2v) is 10.4. The molecular weight excluding hydrogens is 485 g/mol. The Kier molecular flexibility index (Phi) is 6.28. The molecule has 0 fully saturated rings. The average molecular weight is 506 g/mol. The molecule has 10 heteroatoms. The summed E-state index contributed by atoms with van der Waals surface area (Å²) in [6.07, 6.45) is -1.40. The molecule has 0 saturated carbocycles. The highest BCUT2D eigenvalue weighted by molar-refractivity contribution is 7.92. The molecule has 0 aromatic heterocycles. The summed E-state index contributed by atoms with van der Waals surface area (Å²) in [7, 11) is -4.03. The van der Waals surface area contributed by atoms with E-state index in [0.717, 1.165) is 5.56 Å². The molecule has 1 heterocycles. The number of anilines is 3. The van der Waals surface area contributed by atoms with Gasteiger partial charge in [-0.25, -0.2) is 8.42 Å². The topological polar surface area (TPSA) is 108 Å². The number of nitrogens with one attached hydrogen (secondary N) is 3. The molecule has 1 amide bonds. The predicted octanol–water partition coefficient (Wildman–Crippen LogP) is 5.27. The van der Waals surface area contributed by atoms with Crippen LogP contribution in [0.15, 0.2) is 59.5 Å². The summed E-state index contributed by atoms with van der Waals surface area (Å²) in [4.78, 5) is 11.8. The van der Waals surface area contributed by atoms with E-state index < -0.39 is 22.2 Å². The monoisotopic (exact) mass is 505 g/mol. The van der Waals surface area contributed by atoms with Crippen molar-refractivity contribution in [3.63, 3.8) is 0 Å². The maximum absolute atomic E-state index is 13.3. The molecule has 33 heavy (non-hydrogen) atoms. The van der Waals surface area contributed by atoms with E-state index in [-0.39, 0.29) is 22.2 Å². The van der Waals surface area contributed by atoms with Crippen LogP contribution in [0.1, 0.15) is 25.3 Å². The van der Waals surface area contributed by atoms with Crippen molar-refractivity contribution in [2.75, 3.05) is 15.4 Å². The number of carbonyl (C=O) groups is 1. The Balaban J connectivity index is 1.70. The van der Waals surface area contributed by atoms with Crippen molar-refractivity contribution < 1.29 is 18.3 Å². The summed E-state index contributed by atoms with van der Waals surface area (Å²) in [5, 5.41) is 15.9. The zero-order valence-electron chi connectivity index (χ0n) is 17.7. The van der Waals surface area contributed by atoms with Crippen molar-refractivity contribution >= 4 is 56.2 Å². The molecule has 0 aliphatic carbocycles. The average Bonchev–Trinajstić information content (AvgIpc) is 2.73. The third kappa shape index (κ3) is 4.79. The number of benzene rings is 3. The highest BCUT2D eigenvalue weighted by atomic mass is 35.5. The first-order chi connectivity index (χ1) is 15.5. The fourth-order valence-electron chi connectivity index (χ4n) is 3.60. The highest BCUT2D eigenvalue weighted by Crippen LogP contribution is 2.37. The Morgan fingerprint density at radius 1 is 1.03 bits per heavy atom. The minimum Gasteiger partial charge on any atom is -0.366 e. The van der Waals surface area contributed by atoms with Gasteiger partial charge in [-0.05, 0) is 53.4 Å². The first-order valence-corrected chi connectivity index (χ1v) is 12.3. The van der Waals surface area contributed by atoms with Crippen molar-refractivity contribution in [2.24, 2.45) is 0 Å². The van der Waals surface area contributed by atoms with Crippen molar-refractivity contribution in [1.29, 1.82) is 0 Å². The van der Waals surface area contributed by atoms with E-state index in [1.807, 2.05) is 19.9 Å². The van der Waals surface area contributed by atoms with Crippen LogP contribution < -0.4 is 15.4 Å². The Labute approximate surface area is 201 Å². The van der Waals surface area contributed by atoms with Gasteiger partial charge in [-0.1, -0.05) is 55.2 Å². The lowest BCUT2D eigenvalue weighted by molar-refractivity contribution is -0.122. The molecule has 1 atom stereocenters. The number of amides is 1. The maximum atomic E-state index is 13.3. The Morgan fingerprint density at radius 2 is 1.79 bits per heavy atom. The summed E-state index contributed by atoms with van der Waals surface area (Å²) >= 11 is 12.5. The van der Waals surface area contributed by atoms with Gasteiger partial charge in [0.2, 0.25) is 6.23 Å². The van der Waals surface area contributed by atoms with Crippen molar-refractivity contribution in [3.8, 4) is 11.1 Å². The number of aliphatic hydroxyl groups excluding tert-OH is 1. The lowest BCUT2D eigenvalue weighted by Crippen LogP contribution is -2.38. The zero-order valence-corrected chi connectivity index (χ0v) is 20.0. The number of rotatable bonds is 5. The zero-order chi connectivity index (χ0) is 23.9. The number of aliphatic hydroxyl groups is 1. The van der Waals surface area contributed by atoms with Gasteiger partial charge in [-0.3, -0.25) is 9.52 Å². The Hall–Kier alpha value is -2.78. The molecule has 0 radical (unpaired) electrons. The summed E-state index contributed by atoms with van der Waals surface area (Å²) in [6, 6.07) is 15.1. The number of carbonyl (C=O) groups excluding carboxylic acids is 1. The van der Waals surface area contributed by atoms with Crippen LogP contribution in [0.3, 0.4) is 0 Å². The molecule has 1 unspecified atom stereocenters. The molecule has 0 saturated heterocycles. The molecule has 0 bridgehead atoms. The van der Waals surface area contributed by atoms with E-state index in [1.165, 1.54) is 12.1 Å². The van der Waals surface area contributed by atoms with Crippen LogP contribution in [0.5, 0.6) is 0 Å². The van der Waals surface area contributed by atoms with Crippen LogP contribution in [0.4, 0.5) is 17.1 Å². The number of hydrogen-bond acceptors (Lipinski definition) is 5. The second-order valence-electron chi connectivity index (χ2n) is 7.94. The van der Waals surface area contributed by atoms with Crippen LogP contribution in [-0.4, -0.2) is 25.7 Å². The minimum absolute atomic E-state index is 0.0183. The van der Waals surface area contributed by atoms with Crippen LogP contribution in [0.25, 0.3) is 11.1 Å². The van der Waals surface area contributed by atoms with Gasteiger partial charge in [0.25, 0.3) is 15.9 Å². The van der Waals surface area contributed by atoms with Gasteiger partial charge >= 0.3 is 0 Å². The first kappa shape index (κ1) is 23.4. The fraction of sp³-hybridized carbons (Fsp3) is 0.174. The smallest absolute Gasteiger partial charge is 0.274 e. The molecule has 1 aliphatic heterocycles. The van der Waals surface area contributed by atoms with Gasteiger partial charge in [0.15, 0.2) is 0 Å². The fourth-order valence-corrected chi connectivity index (χ4v) is 5.50. The van der Waals surface area contributed by atoms with Gasteiger partial charge in [0.1, 0.15) is 0 Å². The van der Waals surface area contributed by atoms with E-state index in [9.17, 15) is 18.3 Å². The molecule has 4 rings (SSSR count). The number of hydrogen-bond donors (Lipinski definition) is 4. The molecule has 1 aliphatic rings. The standard InChI is InChI=1S/C23H21Cl2N3O4S/c1-12(2)17-10-19-20(27-23(30)22(29)26-19)11-21(17)33(31,32)28-15-6-7-16(18(25)9-15)13-4-3-5-14(24)8-13/h3-12,22,26,28-29H,1-2H3,(H,27,30). The van der Waals surface area contributed by atoms with E-state index in [4.69, 9.17) is 23.2 Å². The lowest BCUT2D eigenvalue weighted by Gasteiger charge is -2.26. The normalized spacial score (nSPS) is 15.6. The molecule has 3 aromatic rings. The minimum atomic E-state index is -4.03. The molecule has 4 N–H and O–H groups in total. The van der Waals surface area contributed by atoms with Gasteiger partial charge in [-0.15, -0.1) is 0 Å². The third-order valence-electron chi connectivity index (χ3n) is 5.22. The highest BCUT2D eigenvalue weighted by Gasteiger charge is 2.28. The molecular formula is C23H21Cl2N3O4S. The Bertz CT molecular complexity index is 1360. The summed E-state index contributed by atoms with van der Waals surface area (Å²) in [6.45, 7) is 3.71. The van der Waals surface area contributed by atoms with Crippen molar-refractivity contribution in [1.82, 2.24) is 0 Å². The largest absolute Gasteiger partial charge is 0.366 e. The summed E-state index contributed by atoms with van der Waals surface area (Å²) in [5.74, 6) is -0.813. The third-order valence-corrected chi connectivity index (χ3v) is 7.20. The van der Waals surface area contributed by atoms with Gasteiger partial charge < -0.3 is 15.7 Å². The molecule has 0 spiro atoms. The number of sulfonamides is 1. The molecule has 172 valence electrons. The SMILES string of the molecule is CC(C)c1cc2c(cc1S(=O)(=O)Nc1ccc(-c3cccc(Cl)c3)c(Cl)c1)NC(=O)C(O)N2. The van der Waals surface area contributed by atoms with E-state index in [2.05, 4.69) is 15.4 Å². The van der Waals surface area contributed by atoms with E-state index >= 15 is 0 Å². The van der Waals surface area contributed by atoms with Gasteiger partial charge in [0.05, 0.1) is 27.0 Å². The van der Waals surface area contributed by atoms with Crippen molar-refractivity contribution in [2.45, 2.75) is 30.9 Å². The second kappa shape index (κ2) is 8.87. The number of halogens is 2. The quantitative estimate of drug-likeness (QED) is 0.377. The summed E-state index contributed by atoms with van der Waals surface area (Å²) < 4.78 is 29.2. The lowest BCUT2D eigenvalue weighted by atomic mass is 10.0. The summed E-state index contributed by atoms with van der Waals surface area (Å²) in [5.41, 5.74) is 3.05. The van der Waals surface area contributed by atoms with Gasteiger partial charge in [0, 0.05) is 10.6 Å². The van der Waals surface area contributed by atoms with Gasteiger partial charge in [-0.2, -0.15) is 0 Å². The van der Waals surface area contributed by atoms with E-state index in [0.29, 0.717) is 26.9 Å². The molecule has 3 aromatic carbocycles. The van der Waals surface area contributed by atoms with Crippen molar-refractivity contribution in [3.05, 3.63) is 70.2 Å². The van der Waals surface area contributed by atoms with Crippen LogP contribution in [0, 0.1) is 0 Å². The number of fused-ring (bicyclic) bond motifs is 1. The Morgan fingerprint density at radius 3 is 2.45 bits per heavy atom. The maximum Gasteiger partial charge on any atom is 0.274 e. The van der Waals surface area contributed by atoms with Crippen LogP contribution >= 0.6 is 23.2 Å². The first-order valence-electron chi connectivity index (χ1n) is 10.1. The van der Waals surface area contributed by atoms with Crippen LogP contribution in [0.2, 0.25) is 10.0 Å².